The number of rotatable bonds is 5. The van der Waals surface area contributed by atoms with Gasteiger partial charge in [0.2, 0.25) is 5.91 Å². The van der Waals surface area contributed by atoms with Gasteiger partial charge in [-0.05, 0) is 46.1 Å². The molecule has 3 rings (SSSR count). The second-order valence-corrected chi connectivity index (χ2v) is 8.77. The van der Waals surface area contributed by atoms with Crippen LogP contribution < -0.4 is 5.32 Å². The molecular formula is C21H30N2O4. The lowest BCUT2D eigenvalue weighted by molar-refractivity contribution is -0.142. The smallest absolute Gasteiger partial charge is 0.408 e. The Labute approximate surface area is 161 Å². The molecule has 1 aromatic carbocycles. The van der Waals surface area contributed by atoms with E-state index < -0.39 is 22.6 Å². The van der Waals surface area contributed by atoms with Crippen molar-refractivity contribution >= 4 is 12.0 Å². The molecule has 2 fully saturated rings. The minimum absolute atomic E-state index is 0.0481. The Kier molecular flexibility index (Phi) is 4.97. The predicted molar refractivity (Wildman–Crippen MR) is 102 cm³/mol. The highest BCUT2D eigenvalue weighted by Gasteiger charge is 2.71. The molecule has 1 heterocycles. The molecule has 3 atom stereocenters. The van der Waals surface area contributed by atoms with Crippen LogP contribution in [0, 0.1) is 5.41 Å². The SMILES string of the molecule is COC[C@]12CC[C@@]1(NC(=O)OC(C)(C)C)C(=O)N([C@H](C)c1ccccc1)C2. The molecule has 1 aliphatic heterocycles. The quantitative estimate of drug-likeness (QED) is 0.859. The van der Waals surface area contributed by atoms with Crippen molar-refractivity contribution in [2.75, 3.05) is 20.3 Å². The van der Waals surface area contributed by atoms with E-state index in [4.69, 9.17) is 9.47 Å². The van der Waals surface area contributed by atoms with Crippen LogP contribution in [0.25, 0.3) is 0 Å². The molecular weight excluding hydrogens is 344 g/mol. The fraction of sp³-hybridized carbons (Fsp3) is 0.619. The molecule has 6 heteroatoms. The molecule has 1 aromatic rings. The van der Waals surface area contributed by atoms with Crippen LogP contribution in [0.5, 0.6) is 0 Å². The summed E-state index contributed by atoms with van der Waals surface area (Å²) in [5.74, 6) is -0.0481. The van der Waals surface area contributed by atoms with Gasteiger partial charge < -0.3 is 19.7 Å². The van der Waals surface area contributed by atoms with Gasteiger partial charge in [0.15, 0.2) is 0 Å². The average Bonchev–Trinajstić information content (AvgIpc) is 2.74. The van der Waals surface area contributed by atoms with E-state index in [0.717, 1.165) is 12.0 Å². The second kappa shape index (κ2) is 6.82. The number of hydrogen-bond acceptors (Lipinski definition) is 4. The number of amides is 2. The van der Waals surface area contributed by atoms with Crippen LogP contribution in [0.4, 0.5) is 4.79 Å². The van der Waals surface area contributed by atoms with Crippen LogP contribution in [0.2, 0.25) is 0 Å². The Balaban J connectivity index is 1.88. The summed E-state index contributed by atoms with van der Waals surface area (Å²) >= 11 is 0. The Morgan fingerprint density at radius 3 is 2.44 bits per heavy atom. The third-order valence-electron chi connectivity index (χ3n) is 5.87. The van der Waals surface area contributed by atoms with E-state index in [-0.39, 0.29) is 11.9 Å². The molecule has 148 valence electrons. The number of carbonyl (C=O) groups excluding carboxylic acids is 2. The summed E-state index contributed by atoms with van der Waals surface area (Å²) in [7, 11) is 1.64. The first-order valence-corrected chi connectivity index (χ1v) is 9.50. The highest BCUT2D eigenvalue weighted by Crippen LogP contribution is 2.57. The summed E-state index contributed by atoms with van der Waals surface area (Å²) in [6, 6.07) is 9.88. The zero-order valence-electron chi connectivity index (χ0n) is 16.9. The van der Waals surface area contributed by atoms with E-state index in [1.807, 2.05) is 62.9 Å². The van der Waals surface area contributed by atoms with Gasteiger partial charge in [0.1, 0.15) is 11.1 Å². The van der Waals surface area contributed by atoms with Gasteiger partial charge in [-0.2, -0.15) is 0 Å². The number of likely N-dealkylation sites (tertiary alicyclic amines) is 1. The molecule has 0 bridgehead atoms. The van der Waals surface area contributed by atoms with Gasteiger partial charge >= 0.3 is 6.09 Å². The van der Waals surface area contributed by atoms with Crippen LogP contribution in [0.3, 0.4) is 0 Å². The summed E-state index contributed by atoms with van der Waals surface area (Å²) in [5, 5.41) is 2.93. The van der Waals surface area contributed by atoms with Gasteiger partial charge in [-0.3, -0.25) is 4.79 Å². The van der Waals surface area contributed by atoms with Crippen molar-refractivity contribution in [3.8, 4) is 0 Å². The predicted octanol–water partition coefficient (Wildman–Crippen LogP) is 3.28. The lowest BCUT2D eigenvalue weighted by atomic mass is 9.56. The van der Waals surface area contributed by atoms with E-state index in [0.29, 0.717) is 19.6 Å². The summed E-state index contributed by atoms with van der Waals surface area (Å²) in [6.45, 7) is 8.45. The normalized spacial score (nSPS) is 28.3. The van der Waals surface area contributed by atoms with Crippen LogP contribution >= 0.6 is 0 Å². The first kappa shape index (κ1) is 19.7. The third-order valence-corrected chi connectivity index (χ3v) is 5.87. The molecule has 27 heavy (non-hydrogen) atoms. The summed E-state index contributed by atoms with van der Waals surface area (Å²) in [4.78, 5) is 27.9. The standard InChI is InChI=1S/C21H30N2O4/c1-15(16-9-7-6-8-10-16)23-13-20(14-26-5)11-12-21(20,17(23)24)22-18(25)27-19(2,3)4/h6-10,15H,11-14H2,1-5H3,(H,22,25)/t15-,20-,21-/m1/s1. The number of methoxy groups -OCH3 is 1. The summed E-state index contributed by atoms with van der Waals surface area (Å²) in [6.07, 6.45) is 0.887. The number of fused-ring (bicyclic) bond motifs is 1. The zero-order valence-corrected chi connectivity index (χ0v) is 16.9. The topological polar surface area (TPSA) is 67.9 Å². The highest BCUT2D eigenvalue weighted by atomic mass is 16.6. The molecule has 0 radical (unpaired) electrons. The molecule has 1 N–H and O–H groups in total. The Morgan fingerprint density at radius 2 is 1.93 bits per heavy atom. The largest absolute Gasteiger partial charge is 0.444 e. The van der Waals surface area contributed by atoms with Crippen LogP contribution in [-0.4, -0.2) is 48.3 Å². The Hall–Kier alpha value is -2.08. The minimum atomic E-state index is -0.950. The molecule has 6 nitrogen and oxygen atoms in total. The Morgan fingerprint density at radius 1 is 1.26 bits per heavy atom. The van der Waals surface area contributed by atoms with Crippen molar-refractivity contribution in [3.63, 3.8) is 0 Å². The average molecular weight is 374 g/mol. The number of ether oxygens (including phenoxy) is 2. The maximum atomic E-state index is 13.5. The van der Waals surface area contributed by atoms with Crippen molar-refractivity contribution < 1.29 is 19.1 Å². The van der Waals surface area contributed by atoms with E-state index in [1.54, 1.807) is 7.11 Å². The molecule has 1 aliphatic carbocycles. The molecule has 2 aliphatic rings. The molecule has 0 unspecified atom stereocenters. The lowest BCUT2D eigenvalue weighted by Crippen LogP contribution is -2.70. The van der Waals surface area contributed by atoms with Crippen molar-refractivity contribution in [3.05, 3.63) is 35.9 Å². The monoisotopic (exact) mass is 374 g/mol. The number of carbonyl (C=O) groups is 2. The summed E-state index contributed by atoms with van der Waals surface area (Å²) < 4.78 is 10.9. The van der Waals surface area contributed by atoms with E-state index in [1.165, 1.54) is 0 Å². The molecule has 1 saturated carbocycles. The van der Waals surface area contributed by atoms with E-state index in [2.05, 4.69) is 5.32 Å². The lowest BCUT2D eigenvalue weighted by Gasteiger charge is -2.52. The fourth-order valence-electron chi connectivity index (χ4n) is 4.39. The molecule has 1 saturated heterocycles. The number of hydrogen-bond donors (Lipinski definition) is 1. The third kappa shape index (κ3) is 3.31. The molecule has 0 aromatic heterocycles. The second-order valence-electron chi connectivity index (χ2n) is 8.77. The zero-order chi connectivity index (χ0) is 19.9. The maximum absolute atomic E-state index is 13.5. The van der Waals surface area contributed by atoms with Gasteiger partial charge in [-0.15, -0.1) is 0 Å². The van der Waals surface area contributed by atoms with Crippen molar-refractivity contribution in [2.45, 2.75) is 57.7 Å². The van der Waals surface area contributed by atoms with Gasteiger partial charge in [0.25, 0.3) is 0 Å². The van der Waals surface area contributed by atoms with Crippen LogP contribution in [0.15, 0.2) is 30.3 Å². The first-order valence-electron chi connectivity index (χ1n) is 9.50. The summed E-state index contributed by atoms with van der Waals surface area (Å²) in [5.41, 5.74) is -0.910. The fourth-order valence-corrected chi connectivity index (χ4v) is 4.39. The van der Waals surface area contributed by atoms with E-state index >= 15 is 0 Å². The van der Waals surface area contributed by atoms with E-state index in [9.17, 15) is 9.59 Å². The number of alkyl carbamates (subject to hydrolysis) is 1. The molecule has 0 spiro atoms. The highest BCUT2D eigenvalue weighted by molar-refractivity contribution is 5.95. The van der Waals surface area contributed by atoms with Gasteiger partial charge in [0.05, 0.1) is 12.6 Å². The van der Waals surface area contributed by atoms with Crippen LogP contribution in [-0.2, 0) is 14.3 Å². The van der Waals surface area contributed by atoms with Crippen molar-refractivity contribution in [1.82, 2.24) is 10.2 Å². The van der Waals surface area contributed by atoms with Gasteiger partial charge in [-0.1, -0.05) is 30.3 Å². The number of benzene rings is 1. The maximum Gasteiger partial charge on any atom is 0.408 e. The van der Waals surface area contributed by atoms with Crippen molar-refractivity contribution in [1.29, 1.82) is 0 Å². The van der Waals surface area contributed by atoms with Crippen molar-refractivity contribution in [2.24, 2.45) is 5.41 Å². The Bertz CT molecular complexity index is 715. The van der Waals surface area contributed by atoms with Gasteiger partial charge in [-0.25, -0.2) is 4.79 Å². The minimum Gasteiger partial charge on any atom is -0.444 e. The first-order chi connectivity index (χ1) is 12.6. The van der Waals surface area contributed by atoms with Crippen LogP contribution in [0.1, 0.15) is 52.1 Å². The molecule has 2 amide bonds. The number of nitrogens with zero attached hydrogens (tertiary/aromatic N) is 1. The number of nitrogens with one attached hydrogen (secondary N) is 1. The van der Waals surface area contributed by atoms with Gasteiger partial charge in [0, 0.05) is 19.1 Å².